The normalized spacial score (nSPS) is 10.6. The molecule has 0 unspecified atom stereocenters. The minimum absolute atomic E-state index is 0.727. The van der Waals surface area contributed by atoms with Crippen LogP contribution in [0.5, 0.6) is 0 Å². The molecule has 2 aromatic rings. The third kappa shape index (κ3) is 3.22. The van der Waals surface area contributed by atoms with Gasteiger partial charge in [0.2, 0.25) is 0 Å². The van der Waals surface area contributed by atoms with E-state index < -0.39 is 0 Å². The van der Waals surface area contributed by atoms with Gasteiger partial charge in [-0.2, -0.15) is 0 Å². The molecule has 0 aliphatic heterocycles. The quantitative estimate of drug-likeness (QED) is 0.838. The maximum absolute atomic E-state index is 4.47. The van der Waals surface area contributed by atoms with E-state index in [9.17, 15) is 0 Å². The van der Waals surface area contributed by atoms with Gasteiger partial charge in [-0.3, -0.25) is 0 Å². The molecule has 2 rings (SSSR count). The number of anilines is 1. The summed E-state index contributed by atoms with van der Waals surface area (Å²) in [6.45, 7) is 4.90. The summed E-state index contributed by atoms with van der Waals surface area (Å²) < 4.78 is 1.99. The zero-order valence-corrected chi connectivity index (χ0v) is 11.7. The Hall–Kier alpha value is -1.56. The van der Waals surface area contributed by atoms with Crippen molar-refractivity contribution in [3.05, 3.63) is 30.0 Å². The summed E-state index contributed by atoms with van der Waals surface area (Å²) in [5.74, 6) is 2.45. The minimum Gasteiger partial charge on any atom is -0.370 e. The number of nitrogens with zero attached hydrogens (tertiary/aromatic N) is 4. The van der Waals surface area contributed by atoms with Crippen molar-refractivity contribution >= 4 is 17.6 Å². The molecule has 96 valence electrons. The second kappa shape index (κ2) is 5.86. The average molecular weight is 263 g/mol. The van der Waals surface area contributed by atoms with Gasteiger partial charge in [0, 0.05) is 37.7 Å². The van der Waals surface area contributed by atoms with E-state index in [1.165, 1.54) is 0 Å². The van der Waals surface area contributed by atoms with E-state index in [2.05, 4.69) is 27.2 Å². The highest BCUT2D eigenvalue weighted by Crippen LogP contribution is 2.19. The number of hydrogen-bond donors (Lipinski definition) is 1. The zero-order chi connectivity index (χ0) is 13.0. The summed E-state index contributed by atoms with van der Waals surface area (Å²) in [6, 6.07) is 1.96. The molecule has 1 N–H and O–H groups in total. The summed E-state index contributed by atoms with van der Waals surface area (Å²) in [4.78, 5) is 13.2. The van der Waals surface area contributed by atoms with Crippen LogP contribution < -0.4 is 5.32 Å². The molecule has 2 heterocycles. The maximum Gasteiger partial charge on any atom is 0.168 e. The molecular weight excluding hydrogens is 246 g/mol. The Balaban J connectivity index is 2.07. The van der Waals surface area contributed by atoms with Crippen molar-refractivity contribution in [2.45, 2.75) is 24.8 Å². The summed E-state index contributed by atoms with van der Waals surface area (Å²) in [5.41, 5.74) is 0.983. The van der Waals surface area contributed by atoms with E-state index in [1.54, 1.807) is 18.0 Å². The highest BCUT2D eigenvalue weighted by atomic mass is 32.2. The summed E-state index contributed by atoms with van der Waals surface area (Å²) >= 11 is 1.64. The number of imidazole rings is 1. The fourth-order valence-corrected chi connectivity index (χ4v) is 2.37. The van der Waals surface area contributed by atoms with E-state index in [-0.39, 0.29) is 0 Å². The number of hydrogen-bond acceptors (Lipinski definition) is 5. The number of aromatic nitrogens is 4. The Morgan fingerprint density at radius 1 is 1.39 bits per heavy atom. The van der Waals surface area contributed by atoms with Crippen molar-refractivity contribution in [1.29, 1.82) is 0 Å². The Labute approximate surface area is 111 Å². The average Bonchev–Trinajstić information content (AvgIpc) is 2.72. The van der Waals surface area contributed by atoms with Gasteiger partial charge in [0.1, 0.15) is 11.6 Å². The topological polar surface area (TPSA) is 55.6 Å². The first-order chi connectivity index (χ1) is 8.69. The molecule has 0 aromatic carbocycles. The van der Waals surface area contributed by atoms with Crippen LogP contribution in [-0.4, -0.2) is 26.1 Å². The van der Waals surface area contributed by atoms with Crippen molar-refractivity contribution in [3.8, 4) is 0 Å². The first-order valence-corrected chi connectivity index (χ1v) is 6.86. The summed E-state index contributed by atoms with van der Waals surface area (Å²) in [7, 11) is 1.98. The summed E-state index contributed by atoms with van der Waals surface area (Å²) in [5, 5.41) is 4.19. The monoisotopic (exact) mass is 263 g/mol. The van der Waals surface area contributed by atoms with Crippen LogP contribution in [0.25, 0.3) is 0 Å². The van der Waals surface area contributed by atoms with Crippen molar-refractivity contribution < 1.29 is 0 Å². The van der Waals surface area contributed by atoms with Gasteiger partial charge >= 0.3 is 0 Å². The maximum atomic E-state index is 4.47. The van der Waals surface area contributed by atoms with Crippen LogP contribution in [0.4, 0.5) is 5.82 Å². The number of aryl methyl sites for hydroxylation is 2. The Bertz CT molecular complexity index is 523. The second-order valence-corrected chi connectivity index (χ2v) is 4.89. The third-order valence-corrected chi connectivity index (χ3v) is 3.42. The van der Waals surface area contributed by atoms with Crippen LogP contribution in [0.1, 0.15) is 18.4 Å². The molecule has 0 saturated carbocycles. The molecule has 0 spiro atoms. The predicted octanol–water partition coefficient (Wildman–Crippen LogP) is 2.24. The van der Waals surface area contributed by atoms with E-state index in [0.29, 0.717) is 0 Å². The molecular formula is C12H17N5S. The molecule has 0 bridgehead atoms. The van der Waals surface area contributed by atoms with Crippen LogP contribution in [0, 0.1) is 6.92 Å². The molecule has 5 nitrogen and oxygen atoms in total. The van der Waals surface area contributed by atoms with Crippen molar-refractivity contribution in [2.75, 3.05) is 11.9 Å². The smallest absolute Gasteiger partial charge is 0.168 e. The SMILES string of the molecule is CCNc1cc(C)nc(CSc2nccn2C)n1. The first kappa shape index (κ1) is 12.9. The molecule has 18 heavy (non-hydrogen) atoms. The van der Waals surface area contributed by atoms with Gasteiger partial charge in [-0.15, -0.1) is 0 Å². The Kier molecular flexibility index (Phi) is 4.19. The molecule has 0 radical (unpaired) electrons. The van der Waals surface area contributed by atoms with Gasteiger partial charge in [0.15, 0.2) is 5.16 Å². The predicted molar refractivity (Wildman–Crippen MR) is 73.7 cm³/mol. The third-order valence-electron chi connectivity index (χ3n) is 2.37. The second-order valence-electron chi connectivity index (χ2n) is 3.95. The lowest BCUT2D eigenvalue weighted by Gasteiger charge is -2.06. The molecule has 0 fully saturated rings. The molecule has 6 heteroatoms. The molecule has 2 aromatic heterocycles. The highest BCUT2D eigenvalue weighted by Gasteiger charge is 2.05. The van der Waals surface area contributed by atoms with Gasteiger partial charge < -0.3 is 9.88 Å². The highest BCUT2D eigenvalue weighted by molar-refractivity contribution is 7.98. The van der Waals surface area contributed by atoms with Crippen LogP contribution >= 0.6 is 11.8 Å². The lowest BCUT2D eigenvalue weighted by molar-refractivity contribution is 0.789. The van der Waals surface area contributed by atoms with Gasteiger partial charge in [0.25, 0.3) is 0 Å². The zero-order valence-electron chi connectivity index (χ0n) is 10.8. The van der Waals surface area contributed by atoms with Crippen molar-refractivity contribution in [1.82, 2.24) is 19.5 Å². The standard InChI is InChI=1S/C12H17N5S/c1-4-13-10-7-9(2)15-11(16-10)8-18-12-14-5-6-17(12)3/h5-7H,4,8H2,1-3H3,(H,13,15,16). The molecule has 0 atom stereocenters. The van der Waals surface area contributed by atoms with Gasteiger partial charge in [-0.05, 0) is 13.8 Å². The fourth-order valence-electron chi connectivity index (χ4n) is 1.59. The van der Waals surface area contributed by atoms with Crippen molar-refractivity contribution in [3.63, 3.8) is 0 Å². The van der Waals surface area contributed by atoms with E-state index >= 15 is 0 Å². The number of nitrogens with one attached hydrogen (secondary N) is 1. The van der Waals surface area contributed by atoms with E-state index in [0.717, 1.165) is 34.8 Å². The Morgan fingerprint density at radius 2 is 2.22 bits per heavy atom. The molecule has 0 saturated heterocycles. The fraction of sp³-hybridized carbons (Fsp3) is 0.417. The minimum atomic E-state index is 0.727. The largest absolute Gasteiger partial charge is 0.370 e. The Morgan fingerprint density at radius 3 is 2.89 bits per heavy atom. The van der Waals surface area contributed by atoms with Crippen molar-refractivity contribution in [2.24, 2.45) is 7.05 Å². The summed E-state index contributed by atoms with van der Waals surface area (Å²) in [6.07, 6.45) is 3.73. The van der Waals surface area contributed by atoms with E-state index in [4.69, 9.17) is 0 Å². The number of rotatable bonds is 5. The van der Waals surface area contributed by atoms with E-state index in [1.807, 2.05) is 30.8 Å². The van der Waals surface area contributed by atoms with Crippen LogP contribution in [-0.2, 0) is 12.8 Å². The molecule has 0 amide bonds. The lowest BCUT2D eigenvalue weighted by Crippen LogP contribution is -2.04. The van der Waals surface area contributed by atoms with Gasteiger partial charge in [-0.1, -0.05) is 11.8 Å². The van der Waals surface area contributed by atoms with Crippen LogP contribution in [0.2, 0.25) is 0 Å². The number of thioether (sulfide) groups is 1. The molecule has 0 aliphatic carbocycles. The van der Waals surface area contributed by atoms with Gasteiger partial charge in [-0.25, -0.2) is 15.0 Å². The first-order valence-electron chi connectivity index (χ1n) is 5.87. The lowest BCUT2D eigenvalue weighted by atomic mass is 10.4. The molecule has 0 aliphatic rings. The van der Waals surface area contributed by atoms with Crippen LogP contribution in [0.3, 0.4) is 0 Å². The van der Waals surface area contributed by atoms with Crippen LogP contribution in [0.15, 0.2) is 23.6 Å². The van der Waals surface area contributed by atoms with Gasteiger partial charge in [0.05, 0.1) is 5.75 Å².